The maximum absolute atomic E-state index is 11.5. The van der Waals surface area contributed by atoms with Crippen LogP contribution in [0.2, 0.25) is 0 Å². The molecule has 0 saturated heterocycles. The summed E-state index contributed by atoms with van der Waals surface area (Å²) < 4.78 is 4.73. The molecule has 6 heteroatoms. The third-order valence-electron chi connectivity index (χ3n) is 3.84. The third-order valence-corrected chi connectivity index (χ3v) is 3.84. The second kappa shape index (κ2) is 9.94. The van der Waals surface area contributed by atoms with Crippen LogP contribution in [0.3, 0.4) is 0 Å². The van der Waals surface area contributed by atoms with Gasteiger partial charge in [-0.1, -0.05) is 27.7 Å². The number of H-pyrrole nitrogens is 1. The number of rotatable bonds is 6. The number of nitrogens with zero attached hydrogens (tertiary/aromatic N) is 3. The van der Waals surface area contributed by atoms with Gasteiger partial charge in [0.15, 0.2) is 5.65 Å². The van der Waals surface area contributed by atoms with Crippen molar-refractivity contribution >= 4 is 17.1 Å². The lowest BCUT2D eigenvalue weighted by Gasteiger charge is -2.13. The minimum Gasteiger partial charge on any atom is -0.468 e. The van der Waals surface area contributed by atoms with Crippen molar-refractivity contribution in [2.24, 2.45) is 0 Å². The minimum atomic E-state index is -0.348. The fourth-order valence-electron chi connectivity index (χ4n) is 2.31. The highest BCUT2D eigenvalue weighted by Crippen LogP contribution is 2.20. The number of aromatic amines is 1. The van der Waals surface area contributed by atoms with Crippen LogP contribution in [0.1, 0.15) is 45.9 Å². The summed E-state index contributed by atoms with van der Waals surface area (Å²) >= 11 is 0. The normalized spacial score (nSPS) is 11.9. The van der Waals surface area contributed by atoms with Gasteiger partial charge in [-0.3, -0.25) is 4.79 Å². The van der Waals surface area contributed by atoms with Crippen molar-refractivity contribution in [3.05, 3.63) is 24.2 Å². The van der Waals surface area contributed by atoms with E-state index >= 15 is 0 Å². The number of methoxy groups -OCH3 is 1. The lowest BCUT2D eigenvalue weighted by molar-refractivity contribution is -0.142. The van der Waals surface area contributed by atoms with E-state index in [-0.39, 0.29) is 11.9 Å². The van der Waals surface area contributed by atoms with Gasteiger partial charge in [0.2, 0.25) is 0 Å². The van der Waals surface area contributed by atoms with Crippen molar-refractivity contribution in [3.63, 3.8) is 0 Å². The number of hydrogen-bond acceptors (Lipinski definition) is 5. The summed E-state index contributed by atoms with van der Waals surface area (Å²) in [5.74, 6) is -0.0104. The van der Waals surface area contributed by atoms with Crippen LogP contribution in [-0.2, 0) is 9.53 Å². The molecule has 6 nitrogen and oxygen atoms in total. The fraction of sp³-hybridized carbons (Fsp3) is 0.588. The Hall–Kier alpha value is -1.95. The Morgan fingerprint density at radius 1 is 1.26 bits per heavy atom. The first kappa shape index (κ1) is 19.1. The second-order valence-electron chi connectivity index (χ2n) is 5.10. The van der Waals surface area contributed by atoms with E-state index in [1.54, 1.807) is 6.20 Å². The summed E-state index contributed by atoms with van der Waals surface area (Å²) in [7, 11) is 1.38. The van der Waals surface area contributed by atoms with Gasteiger partial charge in [-0.25, -0.2) is 9.97 Å². The highest BCUT2D eigenvalue weighted by Gasteiger charge is 2.22. The highest BCUT2D eigenvalue weighted by atomic mass is 16.5. The molecule has 0 amide bonds. The van der Waals surface area contributed by atoms with Crippen LogP contribution in [-0.4, -0.2) is 52.6 Å². The van der Waals surface area contributed by atoms with Crippen LogP contribution in [0.25, 0.3) is 11.2 Å². The largest absolute Gasteiger partial charge is 0.468 e. The summed E-state index contributed by atoms with van der Waals surface area (Å²) in [4.78, 5) is 25.4. The van der Waals surface area contributed by atoms with E-state index in [0.717, 1.165) is 5.52 Å². The summed E-state index contributed by atoms with van der Waals surface area (Å²) in [6.07, 6.45) is 2.32. The van der Waals surface area contributed by atoms with Crippen LogP contribution < -0.4 is 0 Å². The van der Waals surface area contributed by atoms with E-state index in [1.165, 1.54) is 26.7 Å². The van der Waals surface area contributed by atoms with Crippen LogP contribution in [0.5, 0.6) is 0 Å². The van der Waals surface area contributed by atoms with E-state index < -0.39 is 0 Å². The van der Waals surface area contributed by atoms with Gasteiger partial charge in [-0.15, -0.1) is 0 Å². The number of esters is 1. The first-order chi connectivity index (χ1) is 11.1. The molecule has 128 valence electrons. The zero-order valence-electron chi connectivity index (χ0n) is 14.8. The Bertz CT molecular complexity index is 555. The van der Waals surface area contributed by atoms with E-state index in [0.29, 0.717) is 17.9 Å². The highest BCUT2D eigenvalue weighted by molar-refractivity contribution is 5.79. The van der Waals surface area contributed by atoms with Gasteiger partial charge in [0, 0.05) is 6.20 Å². The molecule has 2 aromatic rings. The summed E-state index contributed by atoms with van der Waals surface area (Å²) in [6, 6.07) is 3.70. The van der Waals surface area contributed by atoms with Gasteiger partial charge in [0.05, 0.1) is 12.6 Å². The van der Waals surface area contributed by atoms with Crippen LogP contribution >= 0.6 is 0 Å². The molecule has 0 aliphatic carbocycles. The van der Waals surface area contributed by atoms with Gasteiger partial charge in [-0.2, -0.15) is 0 Å². The van der Waals surface area contributed by atoms with Crippen molar-refractivity contribution in [2.45, 2.75) is 40.0 Å². The van der Waals surface area contributed by atoms with Crippen LogP contribution in [0.15, 0.2) is 18.3 Å². The predicted octanol–water partition coefficient (Wildman–Crippen LogP) is 2.97. The van der Waals surface area contributed by atoms with E-state index in [1.807, 2.05) is 19.1 Å². The monoisotopic (exact) mass is 320 g/mol. The molecule has 1 atom stereocenters. The molecule has 2 heterocycles. The zero-order valence-corrected chi connectivity index (χ0v) is 14.8. The molecule has 1 N–H and O–H groups in total. The topological polar surface area (TPSA) is 71.1 Å². The van der Waals surface area contributed by atoms with Crippen molar-refractivity contribution in [3.8, 4) is 0 Å². The number of nitrogens with one attached hydrogen (secondary N) is 1. The third kappa shape index (κ3) is 5.32. The first-order valence-electron chi connectivity index (χ1n) is 8.21. The molecule has 0 spiro atoms. The molecule has 0 aromatic carbocycles. The molecular weight excluding hydrogens is 292 g/mol. The van der Waals surface area contributed by atoms with Gasteiger partial charge in [0.25, 0.3) is 0 Å². The first-order valence-corrected chi connectivity index (χ1v) is 8.21. The number of aromatic nitrogens is 3. The molecule has 2 rings (SSSR count). The number of pyridine rings is 1. The van der Waals surface area contributed by atoms with Gasteiger partial charge in [-0.05, 0) is 38.2 Å². The molecule has 1 unspecified atom stereocenters. The maximum atomic E-state index is 11.5. The summed E-state index contributed by atoms with van der Waals surface area (Å²) in [5.41, 5.74) is 1.46. The van der Waals surface area contributed by atoms with Gasteiger partial charge < -0.3 is 14.6 Å². The molecule has 0 aliphatic rings. The average Bonchev–Trinajstić information content (AvgIpc) is 3.01. The minimum absolute atomic E-state index is 0.276. The zero-order chi connectivity index (χ0) is 17.2. The van der Waals surface area contributed by atoms with Gasteiger partial charge >= 0.3 is 5.97 Å². The second-order valence-corrected chi connectivity index (χ2v) is 5.10. The molecule has 2 aromatic heterocycles. The number of fused-ring (bicyclic) bond motifs is 1. The lowest BCUT2D eigenvalue weighted by atomic mass is 10.1. The summed E-state index contributed by atoms with van der Waals surface area (Å²) in [5, 5.41) is 0. The van der Waals surface area contributed by atoms with E-state index in [4.69, 9.17) is 4.74 Å². The van der Waals surface area contributed by atoms with Gasteiger partial charge in [0.1, 0.15) is 11.7 Å². The molecule has 23 heavy (non-hydrogen) atoms. The molecule has 0 bridgehead atoms. The van der Waals surface area contributed by atoms with Crippen molar-refractivity contribution in [1.29, 1.82) is 0 Å². The average molecular weight is 320 g/mol. The number of carbonyl (C=O) groups is 1. The van der Waals surface area contributed by atoms with E-state index in [2.05, 4.69) is 40.6 Å². The smallest absolute Gasteiger partial charge is 0.316 e. The number of carbonyl (C=O) groups excluding carboxylic acids is 1. The lowest BCUT2D eigenvalue weighted by Crippen LogP contribution is -2.21. The molecule has 0 aliphatic heterocycles. The van der Waals surface area contributed by atoms with E-state index in [9.17, 15) is 4.79 Å². The Morgan fingerprint density at radius 2 is 1.91 bits per heavy atom. The van der Waals surface area contributed by atoms with Crippen molar-refractivity contribution in [1.82, 2.24) is 19.9 Å². The van der Waals surface area contributed by atoms with Crippen molar-refractivity contribution in [2.75, 3.05) is 26.7 Å². The summed E-state index contributed by atoms with van der Waals surface area (Å²) in [6.45, 7) is 12.0. The fourth-order valence-corrected chi connectivity index (χ4v) is 2.31. The predicted molar refractivity (Wildman–Crippen MR) is 92.4 cm³/mol. The number of hydrogen-bond donors (Lipinski definition) is 1. The molecule has 0 radical (unpaired) electrons. The Labute approximate surface area is 138 Å². The van der Waals surface area contributed by atoms with Crippen LogP contribution in [0, 0.1) is 0 Å². The Kier molecular flexibility index (Phi) is 8.26. The number of ether oxygens (including phenoxy) is 1. The maximum Gasteiger partial charge on any atom is 0.316 e. The molecule has 0 fully saturated rings. The Morgan fingerprint density at radius 3 is 2.35 bits per heavy atom. The molecular formula is C17H28N4O2. The van der Waals surface area contributed by atoms with Crippen LogP contribution in [0.4, 0.5) is 0 Å². The SMILES string of the molecule is CCC(C(=O)OC)c1nc2ncccc2[nH]1.CCN(CC)CC. The molecule has 0 saturated carbocycles. The standard InChI is InChI=1S/C11H13N3O2.C6H15N/c1-3-7(11(15)16-2)9-13-8-5-4-6-12-10(8)14-9;1-4-7(5-2)6-3/h4-7H,3H2,1-2H3,(H,12,13,14);4-6H2,1-3H3. The van der Waals surface area contributed by atoms with Crippen molar-refractivity contribution < 1.29 is 9.53 Å². The quantitative estimate of drug-likeness (QED) is 0.829. The Balaban J connectivity index is 0.000000322. The number of imidazole rings is 1.